The van der Waals surface area contributed by atoms with Gasteiger partial charge in [0.05, 0.1) is 5.75 Å². The molecule has 0 fully saturated rings. The number of thioether (sulfide) groups is 1. The van der Waals surface area contributed by atoms with Crippen LogP contribution in [0.15, 0.2) is 73.1 Å². The summed E-state index contributed by atoms with van der Waals surface area (Å²) in [6, 6.07) is 20.3. The number of anilines is 1. The van der Waals surface area contributed by atoms with E-state index in [1.54, 1.807) is 24.2 Å². The first-order valence-electron chi connectivity index (χ1n) is 8.15. The van der Waals surface area contributed by atoms with Gasteiger partial charge in [0.2, 0.25) is 5.91 Å². The average Bonchev–Trinajstić information content (AvgIpc) is 2.65. The van der Waals surface area contributed by atoms with E-state index in [-0.39, 0.29) is 5.91 Å². The highest BCUT2D eigenvalue weighted by Gasteiger charge is 2.07. The molecule has 0 aliphatic heterocycles. The monoisotopic (exact) mass is 348 g/mol. The molecule has 3 rings (SSSR count). The van der Waals surface area contributed by atoms with Crippen molar-refractivity contribution in [2.45, 2.75) is 12.7 Å². The lowest BCUT2D eigenvalue weighted by molar-refractivity contribution is -0.113. The first-order chi connectivity index (χ1) is 12.2. The Morgan fingerprint density at radius 3 is 2.48 bits per heavy atom. The second kappa shape index (κ2) is 8.49. The molecule has 1 amide bonds. The molecule has 0 aliphatic rings. The summed E-state index contributed by atoms with van der Waals surface area (Å²) in [6.07, 6.45) is 3.54. The van der Waals surface area contributed by atoms with Gasteiger partial charge in [0.15, 0.2) is 0 Å². The third-order valence-corrected chi connectivity index (χ3v) is 4.86. The van der Waals surface area contributed by atoms with Gasteiger partial charge >= 0.3 is 0 Å². The van der Waals surface area contributed by atoms with Crippen molar-refractivity contribution in [1.82, 2.24) is 4.98 Å². The van der Waals surface area contributed by atoms with Gasteiger partial charge in [-0.05, 0) is 53.4 Å². The summed E-state index contributed by atoms with van der Waals surface area (Å²) in [5.74, 6) is 1.26. The fourth-order valence-corrected chi connectivity index (χ4v) is 3.33. The predicted octanol–water partition coefficient (Wildman–Crippen LogP) is 4.93. The molecule has 25 heavy (non-hydrogen) atoms. The minimum atomic E-state index is 0.0228. The maximum absolute atomic E-state index is 12.2. The molecule has 0 unspecified atom stereocenters. The second-order valence-electron chi connectivity index (χ2n) is 5.79. The Hall–Kier alpha value is -2.59. The Bertz CT molecular complexity index is 835. The molecule has 126 valence electrons. The largest absolute Gasteiger partial charge is 0.325 e. The number of carbonyl (C=O) groups excluding carboxylic acids is 1. The van der Waals surface area contributed by atoms with Crippen molar-refractivity contribution in [2.75, 3.05) is 11.1 Å². The lowest BCUT2D eigenvalue weighted by Gasteiger charge is -2.10. The van der Waals surface area contributed by atoms with E-state index in [0.717, 1.165) is 22.6 Å². The van der Waals surface area contributed by atoms with Gasteiger partial charge in [0.25, 0.3) is 0 Å². The molecule has 4 heteroatoms. The Balaban J connectivity index is 1.56. The van der Waals surface area contributed by atoms with Crippen LogP contribution in [-0.2, 0) is 10.5 Å². The summed E-state index contributed by atoms with van der Waals surface area (Å²) < 4.78 is 0. The molecule has 0 aliphatic carbocycles. The molecule has 0 spiro atoms. The first-order valence-corrected chi connectivity index (χ1v) is 9.30. The number of hydrogen-bond acceptors (Lipinski definition) is 3. The molecule has 3 nitrogen and oxygen atoms in total. The zero-order valence-corrected chi connectivity index (χ0v) is 14.9. The summed E-state index contributed by atoms with van der Waals surface area (Å²) in [5.41, 5.74) is 5.44. The van der Waals surface area contributed by atoms with E-state index in [4.69, 9.17) is 0 Å². The van der Waals surface area contributed by atoms with Gasteiger partial charge in [-0.1, -0.05) is 36.4 Å². The highest BCUT2D eigenvalue weighted by Crippen LogP contribution is 2.25. The Morgan fingerprint density at radius 2 is 1.76 bits per heavy atom. The normalized spacial score (nSPS) is 10.4. The number of pyridine rings is 1. The van der Waals surface area contributed by atoms with Crippen LogP contribution in [0.25, 0.3) is 11.1 Å². The third kappa shape index (κ3) is 4.94. The molecule has 2 aromatic carbocycles. The quantitative estimate of drug-likeness (QED) is 0.687. The fraction of sp³-hybridized carbons (Fsp3) is 0.143. The zero-order chi connectivity index (χ0) is 17.5. The fourth-order valence-electron chi connectivity index (χ4n) is 2.54. The van der Waals surface area contributed by atoms with Crippen LogP contribution in [0.1, 0.15) is 11.1 Å². The lowest BCUT2D eigenvalue weighted by Crippen LogP contribution is -2.15. The molecule has 1 aromatic heterocycles. The number of nitrogens with zero attached hydrogens (tertiary/aromatic N) is 1. The summed E-state index contributed by atoms with van der Waals surface area (Å²) >= 11 is 1.60. The Kier molecular flexibility index (Phi) is 5.86. The van der Waals surface area contributed by atoms with E-state index in [2.05, 4.69) is 28.5 Å². The first kappa shape index (κ1) is 17.2. The maximum atomic E-state index is 12.2. The molecular formula is C21H20N2OS. The van der Waals surface area contributed by atoms with Crippen molar-refractivity contribution in [1.29, 1.82) is 0 Å². The molecule has 0 bridgehead atoms. The molecule has 0 saturated heterocycles. The molecule has 3 aromatic rings. The van der Waals surface area contributed by atoms with Crippen molar-refractivity contribution in [3.8, 4) is 11.1 Å². The van der Waals surface area contributed by atoms with Gasteiger partial charge in [-0.3, -0.25) is 9.78 Å². The molecule has 1 N–H and O–H groups in total. The highest BCUT2D eigenvalue weighted by molar-refractivity contribution is 7.99. The highest BCUT2D eigenvalue weighted by atomic mass is 32.2. The van der Waals surface area contributed by atoms with Gasteiger partial charge < -0.3 is 5.32 Å². The standard InChI is InChI=1S/C21H20N2OS/c1-16-13-19(18-5-3-2-4-6-18)7-8-20(16)23-21(24)15-25-14-17-9-11-22-12-10-17/h2-13H,14-15H2,1H3,(H,23,24). The van der Waals surface area contributed by atoms with Crippen LogP contribution in [0, 0.1) is 6.92 Å². The summed E-state index contributed by atoms with van der Waals surface area (Å²) in [5, 5.41) is 3.00. The minimum Gasteiger partial charge on any atom is -0.325 e. The number of carbonyl (C=O) groups is 1. The third-order valence-electron chi connectivity index (χ3n) is 3.86. The average molecular weight is 348 g/mol. The molecule has 0 saturated carbocycles. The Labute approximate surface area is 152 Å². The number of aryl methyl sites for hydroxylation is 1. The van der Waals surface area contributed by atoms with Crippen molar-refractivity contribution >= 4 is 23.4 Å². The van der Waals surface area contributed by atoms with Crippen LogP contribution in [0.3, 0.4) is 0 Å². The van der Waals surface area contributed by atoms with Crippen molar-refractivity contribution < 1.29 is 4.79 Å². The van der Waals surface area contributed by atoms with Crippen molar-refractivity contribution in [2.24, 2.45) is 0 Å². The van der Waals surface area contributed by atoms with E-state index < -0.39 is 0 Å². The van der Waals surface area contributed by atoms with Gasteiger partial charge in [-0.25, -0.2) is 0 Å². The predicted molar refractivity (Wildman–Crippen MR) is 106 cm³/mol. The van der Waals surface area contributed by atoms with Crippen LogP contribution in [0.4, 0.5) is 5.69 Å². The lowest BCUT2D eigenvalue weighted by atomic mass is 10.0. The van der Waals surface area contributed by atoms with Crippen LogP contribution in [-0.4, -0.2) is 16.6 Å². The van der Waals surface area contributed by atoms with Crippen LogP contribution >= 0.6 is 11.8 Å². The van der Waals surface area contributed by atoms with Crippen LogP contribution in [0.2, 0.25) is 0 Å². The second-order valence-corrected chi connectivity index (χ2v) is 6.78. The zero-order valence-electron chi connectivity index (χ0n) is 14.1. The summed E-state index contributed by atoms with van der Waals surface area (Å²) in [6.45, 7) is 2.02. The van der Waals surface area contributed by atoms with Crippen LogP contribution < -0.4 is 5.32 Å². The van der Waals surface area contributed by atoms with E-state index in [9.17, 15) is 4.79 Å². The van der Waals surface area contributed by atoms with E-state index in [1.807, 2.05) is 49.4 Å². The number of hydrogen-bond donors (Lipinski definition) is 1. The van der Waals surface area contributed by atoms with Gasteiger partial charge in [-0.2, -0.15) is 0 Å². The SMILES string of the molecule is Cc1cc(-c2ccccc2)ccc1NC(=O)CSCc1ccncc1. The van der Waals surface area contributed by atoms with Gasteiger partial charge in [0, 0.05) is 23.8 Å². The Morgan fingerprint density at radius 1 is 1.00 bits per heavy atom. The molecule has 0 radical (unpaired) electrons. The van der Waals surface area contributed by atoms with Crippen molar-refractivity contribution in [3.63, 3.8) is 0 Å². The van der Waals surface area contributed by atoms with Gasteiger partial charge in [0.1, 0.15) is 0 Å². The summed E-state index contributed by atoms with van der Waals surface area (Å²) in [4.78, 5) is 16.2. The number of aromatic nitrogens is 1. The minimum absolute atomic E-state index is 0.0228. The number of rotatable bonds is 6. The van der Waals surface area contributed by atoms with E-state index >= 15 is 0 Å². The molecule has 1 heterocycles. The summed E-state index contributed by atoms with van der Waals surface area (Å²) in [7, 11) is 0. The number of benzene rings is 2. The van der Waals surface area contributed by atoms with Crippen molar-refractivity contribution in [3.05, 3.63) is 84.2 Å². The smallest absolute Gasteiger partial charge is 0.234 e. The number of nitrogens with one attached hydrogen (secondary N) is 1. The van der Waals surface area contributed by atoms with Gasteiger partial charge in [-0.15, -0.1) is 11.8 Å². The topological polar surface area (TPSA) is 42.0 Å². The number of amides is 1. The van der Waals surface area contributed by atoms with E-state index in [1.165, 1.54) is 11.1 Å². The molecular weight excluding hydrogens is 328 g/mol. The maximum Gasteiger partial charge on any atom is 0.234 e. The van der Waals surface area contributed by atoms with E-state index in [0.29, 0.717) is 5.75 Å². The molecule has 0 atom stereocenters. The van der Waals surface area contributed by atoms with Crippen LogP contribution in [0.5, 0.6) is 0 Å².